The number of benzene rings is 2. The topological polar surface area (TPSA) is 80.7 Å². The van der Waals surface area contributed by atoms with Crippen LogP contribution in [0.5, 0.6) is 0 Å². The van der Waals surface area contributed by atoms with Crippen LogP contribution in [0.1, 0.15) is 73.3 Å². The van der Waals surface area contributed by atoms with Gasteiger partial charge in [0, 0.05) is 36.0 Å². The Balaban J connectivity index is 0. The minimum Gasteiger partial charge on any atom is -0.684 e. The number of aliphatic hydroxyl groups is 1. The van der Waals surface area contributed by atoms with Crippen LogP contribution in [-0.2, 0) is 11.2 Å². The number of aryl methyl sites for hydroxylation is 1. The molecule has 0 unspecified atom stereocenters. The summed E-state index contributed by atoms with van der Waals surface area (Å²) in [7, 11) is 0. The summed E-state index contributed by atoms with van der Waals surface area (Å²) in [6.07, 6.45) is 4.11. The zero-order valence-corrected chi connectivity index (χ0v) is 28.3. The van der Waals surface area contributed by atoms with E-state index in [-0.39, 0.29) is 57.3 Å². The number of rotatable bonds is 6. The standard InChI is InChI=1S/C17H25N2O.C6H6ClN.C5H12O.C2H5.K/c1-12(2)9-10-18-16-7-8-17-15(11-16)6-5-13(3)19(17)14(4)20;7-5-1-3-6(8)4-2-5;1-5(2)3-4-6;1-2;/h7-8,11-13H,5-6,9-10H2,1-4H3;1-4H,8H2;5-6H,3-4H2,1-2H3;1H2,2H3;/q-1;;;2*+1/t13-;;;;/m0..../s1. The predicted molar refractivity (Wildman–Crippen MR) is 158 cm³/mol. The number of amides is 1. The van der Waals surface area contributed by atoms with Gasteiger partial charge in [0.15, 0.2) is 0 Å². The number of halogens is 1. The van der Waals surface area contributed by atoms with Crippen molar-refractivity contribution in [2.24, 2.45) is 11.8 Å². The van der Waals surface area contributed by atoms with Gasteiger partial charge in [-0.3, -0.25) is 4.79 Å². The van der Waals surface area contributed by atoms with Crippen molar-refractivity contribution >= 4 is 34.6 Å². The Labute approximate surface area is 274 Å². The van der Waals surface area contributed by atoms with E-state index in [0.717, 1.165) is 54.3 Å². The number of carbonyl (C=O) groups is 1. The zero-order valence-electron chi connectivity index (χ0n) is 24.4. The number of fused-ring (bicyclic) bond motifs is 1. The van der Waals surface area contributed by atoms with Gasteiger partial charge in [-0.05, 0) is 73.9 Å². The van der Waals surface area contributed by atoms with Crippen molar-refractivity contribution < 1.29 is 61.3 Å². The molecular formula is C30H48ClKN3O2+. The van der Waals surface area contributed by atoms with E-state index in [0.29, 0.717) is 24.5 Å². The summed E-state index contributed by atoms with van der Waals surface area (Å²) in [6, 6.07) is 13.6. The number of carbonyl (C=O) groups excluding carboxylic acids is 1. The maximum atomic E-state index is 11.8. The number of nitrogens with zero attached hydrogens (tertiary/aromatic N) is 2. The van der Waals surface area contributed by atoms with Gasteiger partial charge in [-0.2, -0.15) is 0 Å². The first-order valence-corrected chi connectivity index (χ1v) is 13.4. The fourth-order valence-electron chi connectivity index (χ4n) is 3.49. The molecule has 1 heterocycles. The molecule has 1 atom stereocenters. The molecule has 5 nitrogen and oxygen atoms in total. The molecule has 37 heavy (non-hydrogen) atoms. The first kappa shape index (κ1) is 38.4. The molecule has 0 aromatic heterocycles. The SMILES string of the molecule is CC(=O)N1c2ccc([N-]CCC(C)C)cc2CC[C@@H]1C.CC(C)CCO.Nc1ccc(Cl)cc1.[CH2+]C.[K+]. The largest absolute Gasteiger partial charge is 1.00 e. The fourth-order valence-corrected chi connectivity index (χ4v) is 3.62. The van der Waals surface area contributed by atoms with Crippen molar-refractivity contribution in [2.45, 2.75) is 80.2 Å². The Hall–Kier alpha value is -0.734. The molecule has 0 bridgehead atoms. The van der Waals surface area contributed by atoms with Crippen molar-refractivity contribution in [2.75, 3.05) is 23.8 Å². The summed E-state index contributed by atoms with van der Waals surface area (Å²) in [5.74, 6) is 1.46. The van der Waals surface area contributed by atoms with Gasteiger partial charge in [-0.25, -0.2) is 0 Å². The maximum absolute atomic E-state index is 11.8. The van der Waals surface area contributed by atoms with Gasteiger partial charge in [0.2, 0.25) is 5.91 Å². The van der Waals surface area contributed by atoms with Crippen LogP contribution in [0.3, 0.4) is 0 Å². The van der Waals surface area contributed by atoms with Crippen LogP contribution in [0.2, 0.25) is 5.02 Å². The number of hydrogen-bond donors (Lipinski definition) is 2. The summed E-state index contributed by atoms with van der Waals surface area (Å²) in [6.45, 7) is 18.6. The second-order valence-corrected chi connectivity index (χ2v) is 10.0. The first-order valence-electron chi connectivity index (χ1n) is 13.0. The molecule has 0 spiro atoms. The summed E-state index contributed by atoms with van der Waals surface area (Å²) in [4.78, 5) is 13.7. The van der Waals surface area contributed by atoms with Crippen molar-refractivity contribution in [1.29, 1.82) is 0 Å². The molecule has 2 aromatic rings. The van der Waals surface area contributed by atoms with E-state index in [1.807, 2.05) is 11.0 Å². The molecule has 1 aliphatic rings. The Morgan fingerprint density at radius 1 is 1.11 bits per heavy atom. The Morgan fingerprint density at radius 2 is 1.68 bits per heavy atom. The van der Waals surface area contributed by atoms with Crippen molar-refractivity contribution in [3.8, 4) is 0 Å². The Bertz CT molecular complexity index is 839. The number of aliphatic hydroxyl groups excluding tert-OH is 1. The van der Waals surface area contributed by atoms with E-state index in [1.54, 1.807) is 38.1 Å². The minimum absolute atomic E-state index is 0. The van der Waals surface area contributed by atoms with E-state index < -0.39 is 0 Å². The third-order valence-corrected chi connectivity index (χ3v) is 5.76. The number of anilines is 2. The van der Waals surface area contributed by atoms with Gasteiger partial charge in [-0.15, -0.1) is 12.2 Å². The summed E-state index contributed by atoms with van der Waals surface area (Å²) in [5.41, 5.74) is 9.48. The molecular weight excluding hydrogens is 509 g/mol. The van der Waals surface area contributed by atoms with Gasteiger partial charge >= 0.3 is 51.4 Å². The third kappa shape index (κ3) is 16.8. The van der Waals surface area contributed by atoms with Crippen LogP contribution in [-0.4, -0.2) is 30.2 Å². The zero-order chi connectivity index (χ0) is 27.7. The normalized spacial score (nSPS) is 13.5. The van der Waals surface area contributed by atoms with Crippen LogP contribution in [0, 0.1) is 18.8 Å². The maximum Gasteiger partial charge on any atom is 1.00 e. The van der Waals surface area contributed by atoms with Crippen molar-refractivity contribution in [3.05, 3.63) is 65.3 Å². The third-order valence-electron chi connectivity index (χ3n) is 5.51. The van der Waals surface area contributed by atoms with E-state index in [1.165, 1.54) is 5.56 Å². The minimum atomic E-state index is 0. The molecule has 0 aliphatic carbocycles. The summed E-state index contributed by atoms with van der Waals surface area (Å²) in [5, 5.41) is 13.6. The molecule has 0 fully saturated rings. The van der Waals surface area contributed by atoms with Gasteiger partial charge in [0.1, 0.15) is 0 Å². The number of nitrogen functional groups attached to an aromatic ring is 1. The predicted octanol–water partition coefficient (Wildman–Crippen LogP) is 5.22. The molecule has 0 radical (unpaired) electrons. The van der Waals surface area contributed by atoms with Crippen LogP contribution < -0.4 is 62.0 Å². The summed E-state index contributed by atoms with van der Waals surface area (Å²) < 4.78 is 0. The molecule has 0 saturated heterocycles. The average Bonchev–Trinajstić information content (AvgIpc) is 2.82. The second kappa shape index (κ2) is 22.1. The van der Waals surface area contributed by atoms with E-state index in [2.05, 4.69) is 59.0 Å². The van der Waals surface area contributed by atoms with Gasteiger partial charge in [0.05, 0.1) is 13.8 Å². The molecule has 3 N–H and O–H groups in total. The van der Waals surface area contributed by atoms with Gasteiger partial charge < -0.3 is 21.1 Å². The van der Waals surface area contributed by atoms with Crippen LogP contribution in [0.15, 0.2) is 42.5 Å². The molecule has 202 valence electrons. The average molecular weight is 557 g/mol. The van der Waals surface area contributed by atoms with Crippen molar-refractivity contribution in [3.63, 3.8) is 0 Å². The molecule has 0 saturated carbocycles. The van der Waals surface area contributed by atoms with Crippen molar-refractivity contribution in [1.82, 2.24) is 0 Å². The van der Waals surface area contributed by atoms with Gasteiger partial charge in [-0.1, -0.05) is 57.8 Å². The van der Waals surface area contributed by atoms with Gasteiger partial charge in [0.25, 0.3) is 0 Å². The van der Waals surface area contributed by atoms with Crippen LogP contribution in [0.25, 0.3) is 5.32 Å². The summed E-state index contributed by atoms with van der Waals surface area (Å²) >= 11 is 5.56. The monoisotopic (exact) mass is 556 g/mol. The van der Waals surface area contributed by atoms with Crippen LogP contribution >= 0.6 is 11.6 Å². The second-order valence-electron chi connectivity index (χ2n) is 9.61. The smallest absolute Gasteiger partial charge is 0.684 e. The molecule has 1 aliphatic heterocycles. The molecule has 2 aromatic carbocycles. The molecule has 7 heteroatoms. The first-order chi connectivity index (χ1) is 17.0. The molecule has 3 rings (SSSR count). The van der Waals surface area contributed by atoms with E-state index >= 15 is 0 Å². The Morgan fingerprint density at radius 3 is 2.11 bits per heavy atom. The van der Waals surface area contributed by atoms with E-state index in [9.17, 15) is 4.79 Å². The quantitative estimate of drug-likeness (QED) is 0.291. The Kier molecular flexibility index (Phi) is 23.0. The number of nitrogens with two attached hydrogens (primary N) is 1. The number of hydrogen-bond acceptors (Lipinski definition) is 3. The van der Waals surface area contributed by atoms with E-state index in [4.69, 9.17) is 22.4 Å². The fraction of sp³-hybridized carbons (Fsp3) is 0.533. The molecule has 1 amide bonds. The van der Waals surface area contributed by atoms with Crippen LogP contribution in [0.4, 0.5) is 17.1 Å².